The van der Waals surface area contributed by atoms with Gasteiger partial charge in [0.15, 0.2) is 0 Å². The molecule has 1 heterocycles. The number of amides is 2. The molecule has 0 aromatic heterocycles. The molecule has 1 aliphatic heterocycles. The molecule has 78 valence electrons. The van der Waals surface area contributed by atoms with Crippen molar-refractivity contribution in [1.29, 1.82) is 0 Å². The number of carbonyl (C=O) groups excluding carboxylic acids is 1. The smallest absolute Gasteiger partial charge is 0.307 e. The summed E-state index contributed by atoms with van der Waals surface area (Å²) in [5.74, 6) is 0. The van der Waals surface area contributed by atoms with E-state index in [1.165, 1.54) is 16.5 Å². The highest BCUT2D eigenvalue weighted by Crippen LogP contribution is 2.10. The molecule has 2 amide bonds. The molecule has 6 heteroatoms. The van der Waals surface area contributed by atoms with Crippen LogP contribution in [0.4, 0.5) is 10.5 Å². The van der Waals surface area contributed by atoms with Crippen molar-refractivity contribution in [2.24, 2.45) is 0 Å². The first-order chi connectivity index (χ1) is 7.34. The SMILES string of the molecule is O=C(Nc1ccccc1)NN1NC=CS1. The van der Waals surface area contributed by atoms with Crippen molar-refractivity contribution in [2.75, 3.05) is 5.32 Å². The van der Waals surface area contributed by atoms with Gasteiger partial charge in [0.25, 0.3) is 0 Å². The molecule has 0 fully saturated rings. The highest BCUT2D eigenvalue weighted by atomic mass is 32.2. The molecule has 15 heavy (non-hydrogen) atoms. The Kier molecular flexibility index (Phi) is 3.11. The van der Waals surface area contributed by atoms with E-state index in [0.29, 0.717) is 0 Å². The Morgan fingerprint density at radius 2 is 2.13 bits per heavy atom. The van der Waals surface area contributed by atoms with Crippen molar-refractivity contribution < 1.29 is 4.79 Å². The van der Waals surface area contributed by atoms with E-state index in [0.717, 1.165) is 5.69 Å². The lowest BCUT2D eigenvalue weighted by atomic mass is 10.3. The zero-order valence-electron chi connectivity index (χ0n) is 7.81. The zero-order valence-corrected chi connectivity index (χ0v) is 8.62. The van der Waals surface area contributed by atoms with Gasteiger partial charge in [0.05, 0.1) is 0 Å². The number of urea groups is 1. The number of nitrogens with one attached hydrogen (secondary N) is 3. The van der Waals surface area contributed by atoms with Gasteiger partial charge >= 0.3 is 6.03 Å². The van der Waals surface area contributed by atoms with Crippen LogP contribution in [0.2, 0.25) is 0 Å². The van der Waals surface area contributed by atoms with Crippen LogP contribution in [0.25, 0.3) is 0 Å². The van der Waals surface area contributed by atoms with Gasteiger partial charge in [-0.2, -0.15) is 0 Å². The van der Waals surface area contributed by atoms with Gasteiger partial charge in [0.2, 0.25) is 0 Å². The van der Waals surface area contributed by atoms with Gasteiger partial charge in [0, 0.05) is 17.3 Å². The first kappa shape index (κ1) is 9.88. The van der Waals surface area contributed by atoms with E-state index in [2.05, 4.69) is 16.2 Å². The zero-order chi connectivity index (χ0) is 10.5. The van der Waals surface area contributed by atoms with Crippen molar-refractivity contribution in [3.63, 3.8) is 0 Å². The molecule has 3 N–H and O–H groups in total. The Hall–Kier alpha value is -1.66. The quantitative estimate of drug-likeness (QED) is 0.666. The van der Waals surface area contributed by atoms with E-state index >= 15 is 0 Å². The van der Waals surface area contributed by atoms with Crippen molar-refractivity contribution in [1.82, 2.24) is 15.4 Å². The molecule has 2 rings (SSSR count). The summed E-state index contributed by atoms with van der Waals surface area (Å²) in [6.45, 7) is 0. The minimum atomic E-state index is -0.287. The third kappa shape index (κ3) is 2.90. The van der Waals surface area contributed by atoms with Crippen LogP contribution >= 0.6 is 11.9 Å². The van der Waals surface area contributed by atoms with E-state index in [1.54, 1.807) is 6.20 Å². The fourth-order valence-electron chi connectivity index (χ4n) is 1.05. The van der Waals surface area contributed by atoms with E-state index in [9.17, 15) is 4.79 Å². The normalized spacial score (nSPS) is 14.7. The Morgan fingerprint density at radius 1 is 1.33 bits per heavy atom. The lowest BCUT2D eigenvalue weighted by Gasteiger charge is -2.15. The molecule has 0 unspecified atom stereocenters. The number of rotatable bonds is 2. The van der Waals surface area contributed by atoms with E-state index < -0.39 is 0 Å². The highest BCUT2D eigenvalue weighted by molar-refractivity contribution is 8.00. The Bertz CT molecular complexity index is 360. The average Bonchev–Trinajstić information content (AvgIpc) is 2.71. The lowest BCUT2D eigenvalue weighted by Crippen LogP contribution is -2.43. The van der Waals surface area contributed by atoms with Crippen molar-refractivity contribution in [3.05, 3.63) is 41.9 Å². The summed E-state index contributed by atoms with van der Waals surface area (Å²) >= 11 is 1.35. The molecular formula is C9H10N4OS. The summed E-state index contributed by atoms with van der Waals surface area (Å²) in [5.41, 5.74) is 6.17. The summed E-state index contributed by atoms with van der Waals surface area (Å²) in [5, 5.41) is 4.52. The monoisotopic (exact) mass is 222 g/mol. The summed E-state index contributed by atoms with van der Waals surface area (Å²) in [6.07, 6.45) is 1.73. The largest absolute Gasteiger partial charge is 0.335 e. The number of hydrogen-bond donors (Lipinski definition) is 3. The maximum Gasteiger partial charge on any atom is 0.335 e. The lowest BCUT2D eigenvalue weighted by molar-refractivity contribution is 0.229. The van der Waals surface area contributed by atoms with Crippen LogP contribution in [-0.4, -0.2) is 10.6 Å². The topological polar surface area (TPSA) is 56.4 Å². The molecule has 1 aliphatic rings. The van der Waals surface area contributed by atoms with Gasteiger partial charge in [0.1, 0.15) is 0 Å². The second-order valence-electron chi connectivity index (χ2n) is 2.76. The van der Waals surface area contributed by atoms with Crippen LogP contribution in [-0.2, 0) is 0 Å². The number of nitrogens with zero attached hydrogens (tertiary/aromatic N) is 1. The minimum absolute atomic E-state index is 0.287. The maximum atomic E-state index is 11.4. The van der Waals surface area contributed by atoms with Crippen molar-refractivity contribution in [3.8, 4) is 0 Å². The van der Waals surface area contributed by atoms with Crippen molar-refractivity contribution >= 4 is 23.7 Å². The molecule has 5 nitrogen and oxygen atoms in total. The van der Waals surface area contributed by atoms with Crippen LogP contribution in [0.3, 0.4) is 0 Å². The third-order valence-corrected chi connectivity index (χ3v) is 2.33. The number of anilines is 1. The molecule has 1 aromatic rings. The summed E-state index contributed by atoms with van der Waals surface area (Å²) < 4.78 is 1.50. The number of carbonyl (C=O) groups is 1. The predicted molar refractivity (Wildman–Crippen MR) is 60.3 cm³/mol. The molecule has 0 radical (unpaired) electrons. The Labute approximate surface area is 91.6 Å². The number of benzene rings is 1. The molecule has 0 saturated carbocycles. The number of hydrazine groups is 2. The summed E-state index contributed by atoms with van der Waals surface area (Å²) in [7, 11) is 0. The fourth-order valence-corrected chi connectivity index (χ4v) is 1.55. The minimum Gasteiger partial charge on any atom is -0.307 e. The standard InChI is InChI=1S/C9H10N4OS/c14-9(12-13-10-6-7-15-13)11-8-4-2-1-3-5-8/h1-7,10H,(H2,11,12,14). The van der Waals surface area contributed by atoms with E-state index in [4.69, 9.17) is 0 Å². The van der Waals surface area contributed by atoms with Crippen LogP contribution in [0.5, 0.6) is 0 Å². The Balaban J connectivity index is 1.82. The third-order valence-electron chi connectivity index (χ3n) is 1.66. The van der Waals surface area contributed by atoms with E-state index in [1.807, 2.05) is 35.7 Å². The summed E-state index contributed by atoms with van der Waals surface area (Å²) in [6, 6.07) is 8.97. The molecule has 0 atom stereocenters. The fraction of sp³-hybridized carbons (Fsp3) is 0. The van der Waals surface area contributed by atoms with Gasteiger partial charge in [-0.1, -0.05) is 22.7 Å². The molecule has 1 aromatic carbocycles. The van der Waals surface area contributed by atoms with E-state index in [-0.39, 0.29) is 6.03 Å². The van der Waals surface area contributed by atoms with Crippen LogP contribution in [0.15, 0.2) is 41.9 Å². The van der Waals surface area contributed by atoms with Crippen LogP contribution < -0.4 is 16.2 Å². The maximum absolute atomic E-state index is 11.4. The summed E-state index contributed by atoms with van der Waals surface area (Å²) in [4.78, 5) is 11.4. The molecule has 0 bridgehead atoms. The van der Waals surface area contributed by atoms with Gasteiger partial charge in [-0.25, -0.2) is 10.2 Å². The van der Waals surface area contributed by atoms with Crippen molar-refractivity contribution in [2.45, 2.75) is 0 Å². The van der Waals surface area contributed by atoms with Gasteiger partial charge in [-0.05, 0) is 24.1 Å². The highest BCUT2D eigenvalue weighted by Gasteiger charge is 2.09. The molecular weight excluding hydrogens is 212 g/mol. The molecule has 0 aliphatic carbocycles. The second kappa shape index (κ2) is 4.72. The van der Waals surface area contributed by atoms with Gasteiger partial charge in [-0.3, -0.25) is 5.43 Å². The number of hydrogen-bond acceptors (Lipinski definition) is 4. The molecule has 0 spiro atoms. The molecule has 0 saturated heterocycles. The average molecular weight is 222 g/mol. The predicted octanol–water partition coefficient (Wildman–Crippen LogP) is 1.66. The number of para-hydroxylation sites is 1. The first-order valence-electron chi connectivity index (χ1n) is 4.35. The van der Waals surface area contributed by atoms with Crippen LogP contribution in [0, 0.1) is 0 Å². The second-order valence-corrected chi connectivity index (χ2v) is 3.61. The van der Waals surface area contributed by atoms with Crippen LogP contribution in [0.1, 0.15) is 0 Å². The first-order valence-corrected chi connectivity index (χ1v) is 5.19. The van der Waals surface area contributed by atoms with Gasteiger partial charge in [-0.15, -0.1) is 0 Å². The van der Waals surface area contributed by atoms with Gasteiger partial charge < -0.3 is 5.32 Å². The Morgan fingerprint density at radius 3 is 2.80 bits per heavy atom.